The van der Waals surface area contributed by atoms with Gasteiger partial charge in [0.05, 0.1) is 11.3 Å². The quantitative estimate of drug-likeness (QED) is 0.819. The second-order valence-corrected chi connectivity index (χ2v) is 3.59. The average Bonchev–Trinajstić information content (AvgIpc) is 2.57. The highest BCUT2D eigenvalue weighted by molar-refractivity contribution is 5.88. The Morgan fingerprint density at radius 2 is 2.00 bits per heavy atom. The first kappa shape index (κ1) is 11.2. The van der Waals surface area contributed by atoms with Gasteiger partial charge in [-0.15, -0.1) is 5.10 Å². The molecule has 0 aliphatic carbocycles. The van der Waals surface area contributed by atoms with Crippen LogP contribution in [0.3, 0.4) is 0 Å². The number of nitrogens with zero attached hydrogens (tertiary/aromatic N) is 5. The van der Waals surface area contributed by atoms with Crippen LogP contribution in [-0.2, 0) is 0 Å². The van der Waals surface area contributed by atoms with Gasteiger partial charge in [-0.05, 0) is 20.8 Å². The Kier molecular flexibility index (Phi) is 2.58. The third-order valence-corrected chi connectivity index (χ3v) is 2.26. The van der Waals surface area contributed by atoms with E-state index in [-0.39, 0.29) is 5.56 Å². The fraction of sp³-hybridized carbons (Fsp3) is 0.300. The molecule has 0 spiro atoms. The Morgan fingerprint density at radius 3 is 2.47 bits per heavy atom. The van der Waals surface area contributed by atoms with E-state index < -0.39 is 5.97 Å². The second-order valence-electron chi connectivity index (χ2n) is 3.59. The second kappa shape index (κ2) is 3.93. The number of hydrogen-bond acceptors (Lipinski definition) is 5. The first-order valence-corrected chi connectivity index (χ1v) is 4.96. The first-order valence-electron chi connectivity index (χ1n) is 4.96. The van der Waals surface area contributed by atoms with Gasteiger partial charge in [0.2, 0.25) is 0 Å². The van der Waals surface area contributed by atoms with Crippen LogP contribution in [0.4, 0.5) is 0 Å². The molecule has 0 aliphatic rings. The van der Waals surface area contributed by atoms with E-state index in [2.05, 4.69) is 20.1 Å². The molecule has 0 amide bonds. The molecule has 2 heterocycles. The number of aromatic carboxylic acids is 1. The molecule has 2 aromatic heterocycles. The molecule has 17 heavy (non-hydrogen) atoms. The molecular weight excluding hydrogens is 222 g/mol. The Bertz CT molecular complexity index is 590. The van der Waals surface area contributed by atoms with E-state index in [1.807, 2.05) is 0 Å². The summed E-state index contributed by atoms with van der Waals surface area (Å²) in [5, 5.41) is 13.0. The molecular formula is C10H11N5O2. The topological polar surface area (TPSA) is 93.8 Å². The number of carboxylic acid groups (broad SMARTS) is 1. The summed E-state index contributed by atoms with van der Waals surface area (Å²) < 4.78 is 1.48. The van der Waals surface area contributed by atoms with Crippen molar-refractivity contribution in [2.75, 3.05) is 0 Å². The van der Waals surface area contributed by atoms with Gasteiger partial charge in [-0.2, -0.15) is 4.68 Å². The third kappa shape index (κ3) is 1.99. The van der Waals surface area contributed by atoms with Crippen molar-refractivity contribution in [1.29, 1.82) is 0 Å². The number of aromatic nitrogens is 5. The summed E-state index contributed by atoms with van der Waals surface area (Å²) in [4.78, 5) is 23.0. The van der Waals surface area contributed by atoms with Crippen LogP contribution in [0, 0.1) is 20.8 Å². The smallest absolute Gasteiger partial charge is 0.339 e. The minimum atomic E-state index is -1.04. The molecule has 0 radical (unpaired) electrons. The molecule has 0 fully saturated rings. The lowest BCUT2D eigenvalue weighted by Crippen LogP contribution is -2.10. The van der Waals surface area contributed by atoms with Crippen LogP contribution in [0.25, 0.3) is 5.95 Å². The monoisotopic (exact) mass is 233 g/mol. The predicted molar refractivity (Wildman–Crippen MR) is 58.1 cm³/mol. The Morgan fingerprint density at radius 1 is 1.29 bits per heavy atom. The molecule has 1 N–H and O–H groups in total. The summed E-state index contributed by atoms with van der Waals surface area (Å²) in [5.74, 6) is 0.558. The van der Waals surface area contributed by atoms with Crippen LogP contribution >= 0.6 is 0 Å². The van der Waals surface area contributed by atoms with E-state index in [0.717, 1.165) is 0 Å². The van der Waals surface area contributed by atoms with Gasteiger partial charge in [0, 0.05) is 6.20 Å². The molecule has 0 saturated heterocycles. The largest absolute Gasteiger partial charge is 0.478 e. The van der Waals surface area contributed by atoms with E-state index in [1.54, 1.807) is 20.8 Å². The Labute approximate surface area is 97.2 Å². The van der Waals surface area contributed by atoms with Gasteiger partial charge in [-0.3, -0.25) is 0 Å². The third-order valence-electron chi connectivity index (χ3n) is 2.26. The molecule has 0 aliphatic heterocycles. The fourth-order valence-electron chi connectivity index (χ4n) is 1.48. The van der Waals surface area contributed by atoms with Crippen molar-refractivity contribution < 1.29 is 9.90 Å². The first-order chi connectivity index (χ1) is 7.99. The molecule has 2 aromatic rings. The van der Waals surface area contributed by atoms with Crippen LogP contribution in [0.2, 0.25) is 0 Å². The zero-order valence-electron chi connectivity index (χ0n) is 9.67. The van der Waals surface area contributed by atoms with Crippen molar-refractivity contribution in [1.82, 2.24) is 24.7 Å². The van der Waals surface area contributed by atoms with Gasteiger partial charge in [0.1, 0.15) is 11.6 Å². The molecule has 0 aromatic carbocycles. The van der Waals surface area contributed by atoms with Gasteiger partial charge < -0.3 is 5.11 Å². The molecule has 0 bridgehead atoms. The number of carbonyl (C=O) groups is 1. The SMILES string of the molecule is Cc1nc(C)n(-c2ncc(C(=O)O)c(C)n2)n1. The van der Waals surface area contributed by atoms with Crippen LogP contribution in [0.15, 0.2) is 6.20 Å². The molecule has 7 nitrogen and oxygen atoms in total. The van der Waals surface area contributed by atoms with Crippen molar-refractivity contribution in [3.8, 4) is 5.95 Å². The number of carboxylic acids is 1. The number of hydrogen-bond donors (Lipinski definition) is 1. The minimum Gasteiger partial charge on any atom is -0.478 e. The van der Waals surface area contributed by atoms with E-state index >= 15 is 0 Å². The fourth-order valence-corrected chi connectivity index (χ4v) is 1.48. The molecule has 2 rings (SSSR count). The number of rotatable bonds is 2. The molecule has 88 valence electrons. The van der Waals surface area contributed by atoms with E-state index in [1.165, 1.54) is 10.9 Å². The van der Waals surface area contributed by atoms with Crippen molar-refractivity contribution in [2.45, 2.75) is 20.8 Å². The normalized spacial score (nSPS) is 10.5. The van der Waals surface area contributed by atoms with Crippen molar-refractivity contribution in [2.24, 2.45) is 0 Å². The molecule has 7 heteroatoms. The standard InChI is InChI=1S/C10H11N5O2/c1-5-8(9(16)17)4-11-10(12-5)15-7(3)13-6(2)14-15/h4H,1-3H3,(H,16,17). The molecule has 0 atom stereocenters. The summed E-state index contributed by atoms with van der Waals surface area (Å²) in [6.45, 7) is 5.17. The van der Waals surface area contributed by atoms with Gasteiger partial charge in [0.15, 0.2) is 0 Å². The van der Waals surface area contributed by atoms with E-state index in [4.69, 9.17) is 5.11 Å². The highest BCUT2D eigenvalue weighted by Crippen LogP contribution is 2.08. The summed E-state index contributed by atoms with van der Waals surface area (Å²) in [6, 6.07) is 0. The van der Waals surface area contributed by atoms with Gasteiger partial charge in [0.25, 0.3) is 5.95 Å². The zero-order chi connectivity index (χ0) is 12.6. The summed E-state index contributed by atoms with van der Waals surface area (Å²) >= 11 is 0. The van der Waals surface area contributed by atoms with Crippen LogP contribution in [-0.4, -0.2) is 35.8 Å². The molecule has 0 saturated carbocycles. The average molecular weight is 233 g/mol. The predicted octanol–water partition coefficient (Wildman–Crippen LogP) is 0.681. The summed E-state index contributed by atoms with van der Waals surface area (Å²) in [6.07, 6.45) is 1.27. The maximum Gasteiger partial charge on any atom is 0.339 e. The highest BCUT2D eigenvalue weighted by Gasteiger charge is 2.13. The lowest BCUT2D eigenvalue weighted by molar-refractivity contribution is 0.0695. The van der Waals surface area contributed by atoms with Gasteiger partial charge >= 0.3 is 5.97 Å². The number of aryl methyl sites for hydroxylation is 3. The maximum atomic E-state index is 10.8. The summed E-state index contributed by atoms with van der Waals surface area (Å²) in [7, 11) is 0. The molecule has 0 unspecified atom stereocenters. The van der Waals surface area contributed by atoms with Crippen LogP contribution in [0.5, 0.6) is 0 Å². The lowest BCUT2D eigenvalue weighted by Gasteiger charge is -2.03. The van der Waals surface area contributed by atoms with Crippen molar-refractivity contribution in [3.05, 3.63) is 29.1 Å². The van der Waals surface area contributed by atoms with Crippen molar-refractivity contribution in [3.63, 3.8) is 0 Å². The highest BCUT2D eigenvalue weighted by atomic mass is 16.4. The van der Waals surface area contributed by atoms with Gasteiger partial charge in [-0.1, -0.05) is 0 Å². The zero-order valence-corrected chi connectivity index (χ0v) is 9.67. The summed E-state index contributed by atoms with van der Waals surface area (Å²) in [5.41, 5.74) is 0.485. The van der Waals surface area contributed by atoms with Crippen LogP contribution in [0.1, 0.15) is 27.7 Å². The van der Waals surface area contributed by atoms with E-state index in [9.17, 15) is 4.79 Å². The Balaban J connectivity index is 2.51. The van der Waals surface area contributed by atoms with Crippen LogP contribution < -0.4 is 0 Å². The minimum absolute atomic E-state index is 0.0863. The Hall–Kier alpha value is -2.31. The maximum absolute atomic E-state index is 10.8. The lowest BCUT2D eigenvalue weighted by atomic mass is 10.2. The van der Waals surface area contributed by atoms with E-state index in [0.29, 0.717) is 23.3 Å². The van der Waals surface area contributed by atoms with Crippen molar-refractivity contribution >= 4 is 5.97 Å². The van der Waals surface area contributed by atoms with Gasteiger partial charge in [-0.25, -0.2) is 19.7 Å².